The van der Waals surface area contributed by atoms with Crippen LogP contribution in [0.1, 0.15) is 25.3 Å². The van der Waals surface area contributed by atoms with Crippen molar-refractivity contribution in [1.29, 1.82) is 0 Å². The molecule has 8 heteroatoms. The number of anilines is 2. The normalized spacial score (nSPS) is 21.1. The molecule has 0 saturated heterocycles. The summed E-state index contributed by atoms with van der Waals surface area (Å²) in [4.78, 5) is 8.55. The van der Waals surface area contributed by atoms with E-state index < -0.39 is 0 Å². The summed E-state index contributed by atoms with van der Waals surface area (Å²) in [6.45, 7) is 6.36. The van der Waals surface area contributed by atoms with Crippen LogP contribution in [0.3, 0.4) is 0 Å². The molecule has 2 heterocycles. The van der Waals surface area contributed by atoms with E-state index in [2.05, 4.69) is 34.1 Å². The summed E-state index contributed by atoms with van der Waals surface area (Å²) < 4.78 is 6.08. The van der Waals surface area contributed by atoms with E-state index in [0.717, 1.165) is 35.1 Å². The first-order chi connectivity index (χ1) is 14.4. The Morgan fingerprint density at radius 3 is 2.83 bits per heavy atom. The quantitative estimate of drug-likeness (QED) is 0.438. The predicted molar refractivity (Wildman–Crippen MR) is 121 cm³/mol. The van der Waals surface area contributed by atoms with Gasteiger partial charge in [-0.15, -0.1) is 0 Å². The van der Waals surface area contributed by atoms with E-state index in [-0.39, 0.29) is 29.7 Å². The number of nitrogens with zero attached hydrogens (tertiary/aromatic N) is 2. The van der Waals surface area contributed by atoms with Crippen LogP contribution in [0.25, 0.3) is 28.0 Å². The molecule has 0 radical (unpaired) electrons. The van der Waals surface area contributed by atoms with E-state index in [1.54, 1.807) is 0 Å². The lowest BCUT2D eigenvalue weighted by atomic mass is 10.1. The van der Waals surface area contributed by atoms with Crippen molar-refractivity contribution in [2.75, 3.05) is 24.7 Å². The van der Waals surface area contributed by atoms with Gasteiger partial charge in [-0.25, -0.2) is 4.98 Å². The number of aliphatic hydroxyl groups excluding tert-OH is 1. The summed E-state index contributed by atoms with van der Waals surface area (Å²) in [7, 11) is 1.84. The number of fused-ring (bicyclic) bond motifs is 1. The fourth-order valence-electron chi connectivity index (χ4n) is 4.17. The molecule has 1 aliphatic carbocycles. The molecule has 2 aromatic heterocycles. The molecule has 1 fully saturated rings. The first kappa shape index (κ1) is 20.5. The lowest BCUT2D eigenvalue weighted by Gasteiger charge is -2.20. The fraction of sp³-hybridized carbons (Fsp3) is 0.364. The zero-order chi connectivity index (χ0) is 21.4. The summed E-state index contributed by atoms with van der Waals surface area (Å²) >= 11 is 6.48. The summed E-state index contributed by atoms with van der Waals surface area (Å²) in [5.41, 5.74) is 8.99. The van der Waals surface area contributed by atoms with Crippen LogP contribution in [0.2, 0.25) is 5.15 Å². The minimum atomic E-state index is 0.0966. The molecule has 5 N–H and O–H groups in total. The highest BCUT2D eigenvalue weighted by molar-refractivity contribution is 6.32. The first-order valence-corrected chi connectivity index (χ1v) is 10.4. The van der Waals surface area contributed by atoms with Crippen LogP contribution >= 0.6 is 11.6 Å². The molecule has 30 heavy (non-hydrogen) atoms. The van der Waals surface area contributed by atoms with Gasteiger partial charge in [-0.05, 0) is 54.5 Å². The molecule has 1 saturated carbocycles. The first-order valence-electron chi connectivity index (χ1n) is 10.0. The van der Waals surface area contributed by atoms with E-state index in [9.17, 15) is 5.11 Å². The van der Waals surface area contributed by atoms with Crippen LogP contribution < -0.4 is 16.4 Å². The van der Waals surface area contributed by atoms with Crippen molar-refractivity contribution in [3.05, 3.63) is 41.6 Å². The monoisotopic (exact) mass is 427 g/mol. The average Bonchev–Trinajstić information content (AvgIpc) is 3.29. The molecule has 158 valence electrons. The summed E-state index contributed by atoms with van der Waals surface area (Å²) in [6.07, 6.45) is 1.81. The second kappa shape index (κ2) is 8.16. The number of rotatable bonds is 6. The van der Waals surface area contributed by atoms with E-state index in [0.29, 0.717) is 23.1 Å². The van der Waals surface area contributed by atoms with Gasteiger partial charge in [-0.1, -0.05) is 25.1 Å². The molecule has 7 nitrogen and oxygen atoms in total. The Bertz CT molecular complexity index is 1100. The van der Waals surface area contributed by atoms with Gasteiger partial charge in [0.25, 0.3) is 0 Å². The largest absolute Gasteiger partial charge is 0.456 e. The van der Waals surface area contributed by atoms with Crippen molar-refractivity contribution >= 4 is 40.0 Å². The Hall–Kier alpha value is -2.77. The number of hydrogen-bond donors (Lipinski definition) is 4. The van der Waals surface area contributed by atoms with E-state index in [1.165, 1.54) is 0 Å². The van der Waals surface area contributed by atoms with Gasteiger partial charge < -0.3 is 25.9 Å². The van der Waals surface area contributed by atoms with Gasteiger partial charge in [0.1, 0.15) is 22.3 Å². The smallest absolute Gasteiger partial charge is 0.223 e. The van der Waals surface area contributed by atoms with Crippen LogP contribution in [-0.2, 0) is 0 Å². The predicted octanol–water partition coefficient (Wildman–Crippen LogP) is 4.13. The zero-order valence-electron chi connectivity index (χ0n) is 17.1. The number of hydrogen-bond acceptors (Lipinski definition) is 7. The highest BCUT2D eigenvalue weighted by atomic mass is 35.5. The maximum Gasteiger partial charge on any atom is 0.223 e. The number of aliphatic hydroxyl groups is 1. The topological polar surface area (TPSA) is 109 Å². The molecule has 3 atom stereocenters. The highest BCUT2D eigenvalue weighted by Gasteiger charge is 2.32. The second-order valence-corrected chi connectivity index (χ2v) is 8.29. The van der Waals surface area contributed by atoms with Crippen LogP contribution in [0.15, 0.2) is 35.3 Å². The summed E-state index contributed by atoms with van der Waals surface area (Å²) in [5, 5.41) is 17.2. The Morgan fingerprint density at radius 2 is 2.13 bits per heavy atom. The van der Waals surface area contributed by atoms with Crippen LogP contribution in [0, 0.1) is 11.8 Å². The fourth-order valence-corrected chi connectivity index (χ4v) is 4.44. The molecule has 1 aliphatic rings. The Labute approximate surface area is 180 Å². The lowest BCUT2D eigenvalue weighted by molar-refractivity contribution is 0.226. The third kappa shape index (κ3) is 3.82. The van der Waals surface area contributed by atoms with E-state index in [1.807, 2.05) is 31.3 Å². The molecule has 0 amide bonds. The second-order valence-electron chi connectivity index (χ2n) is 7.94. The Kier molecular flexibility index (Phi) is 5.58. The van der Waals surface area contributed by atoms with Gasteiger partial charge >= 0.3 is 0 Å². The van der Waals surface area contributed by atoms with Gasteiger partial charge in [-0.2, -0.15) is 4.98 Å². The number of benzene rings is 1. The molecular formula is C22H26ClN5O2. The molecule has 1 aromatic carbocycles. The standard InChI is InChI=1S/C22H26ClN5O2/c1-11-6-13(10-29)7-16(11)26-21-19(20(23)27-22(24)28-21)18-9-15-8-14(12(2)25-3)4-5-17(15)30-18/h4-5,8-9,11,13,16,25,29H,2,6-7,10H2,1,3H3,(H3,24,26,27,28)/t11-,13-,16?/m1/s1. The van der Waals surface area contributed by atoms with Gasteiger partial charge in [0.05, 0.1) is 5.56 Å². The van der Waals surface area contributed by atoms with Crippen molar-refractivity contribution in [2.24, 2.45) is 11.8 Å². The lowest BCUT2D eigenvalue weighted by Crippen LogP contribution is -2.23. The number of nitrogens with two attached hydrogens (primary N) is 1. The number of nitrogens with one attached hydrogen (secondary N) is 2. The molecule has 3 aromatic rings. The number of halogens is 1. The van der Waals surface area contributed by atoms with Gasteiger partial charge in [0, 0.05) is 30.8 Å². The molecule has 1 unspecified atom stereocenters. The maximum absolute atomic E-state index is 9.53. The molecule has 0 aliphatic heterocycles. The zero-order valence-corrected chi connectivity index (χ0v) is 17.8. The van der Waals surface area contributed by atoms with Crippen molar-refractivity contribution in [3.63, 3.8) is 0 Å². The van der Waals surface area contributed by atoms with Crippen molar-refractivity contribution in [2.45, 2.75) is 25.8 Å². The third-order valence-electron chi connectivity index (χ3n) is 5.85. The SMILES string of the molecule is C=C(NC)c1ccc2oc(-c3c(Cl)nc(N)nc3NC3C[C@H](CO)C[C@H]3C)cc2c1. The Morgan fingerprint density at radius 1 is 1.33 bits per heavy atom. The number of aromatic nitrogens is 2. The average molecular weight is 428 g/mol. The van der Waals surface area contributed by atoms with Crippen LogP contribution in [-0.4, -0.2) is 34.8 Å². The molecule has 4 rings (SSSR count). The van der Waals surface area contributed by atoms with Gasteiger partial charge in [0.15, 0.2) is 0 Å². The van der Waals surface area contributed by atoms with Crippen molar-refractivity contribution < 1.29 is 9.52 Å². The summed E-state index contributed by atoms with van der Waals surface area (Å²) in [5.74, 6) is 1.87. The minimum Gasteiger partial charge on any atom is -0.456 e. The number of nitrogen functional groups attached to an aromatic ring is 1. The van der Waals surface area contributed by atoms with Crippen molar-refractivity contribution in [3.8, 4) is 11.3 Å². The van der Waals surface area contributed by atoms with Gasteiger partial charge in [0.2, 0.25) is 5.95 Å². The Balaban J connectivity index is 1.74. The van der Waals surface area contributed by atoms with Gasteiger partial charge in [-0.3, -0.25) is 0 Å². The molecule has 0 bridgehead atoms. The van der Waals surface area contributed by atoms with E-state index in [4.69, 9.17) is 21.8 Å². The van der Waals surface area contributed by atoms with Crippen LogP contribution in [0.5, 0.6) is 0 Å². The minimum absolute atomic E-state index is 0.0966. The molecule has 0 spiro atoms. The maximum atomic E-state index is 9.53. The van der Waals surface area contributed by atoms with Crippen molar-refractivity contribution in [1.82, 2.24) is 15.3 Å². The molecular weight excluding hydrogens is 402 g/mol. The summed E-state index contributed by atoms with van der Waals surface area (Å²) in [6, 6.07) is 7.93. The third-order valence-corrected chi connectivity index (χ3v) is 6.13. The van der Waals surface area contributed by atoms with E-state index >= 15 is 0 Å². The highest BCUT2D eigenvalue weighted by Crippen LogP contribution is 2.39. The number of furan rings is 1. The van der Waals surface area contributed by atoms with Crippen LogP contribution in [0.4, 0.5) is 11.8 Å².